The number of aromatic nitrogens is 2. The normalized spacial score (nSPS) is 10.7. The highest BCUT2D eigenvalue weighted by molar-refractivity contribution is 5.79. The highest BCUT2D eigenvalue weighted by Gasteiger charge is 2.04. The molecule has 0 saturated heterocycles. The zero-order valence-electron chi connectivity index (χ0n) is 8.05. The van der Waals surface area contributed by atoms with E-state index >= 15 is 0 Å². The van der Waals surface area contributed by atoms with Gasteiger partial charge in [-0.1, -0.05) is 0 Å². The van der Waals surface area contributed by atoms with Gasteiger partial charge in [-0.2, -0.15) is 0 Å². The first-order valence-corrected chi connectivity index (χ1v) is 4.59. The van der Waals surface area contributed by atoms with Gasteiger partial charge in [0.15, 0.2) is 0 Å². The van der Waals surface area contributed by atoms with Gasteiger partial charge in [-0.05, 0) is 18.2 Å². The van der Waals surface area contributed by atoms with Crippen LogP contribution in [0.4, 0.5) is 5.69 Å². The van der Waals surface area contributed by atoms with Crippen molar-refractivity contribution in [3.63, 3.8) is 0 Å². The fourth-order valence-electron chi connectivity index (χ4n) is 1.47. The summed E-state index contributed by atoms with van der Waals surface area (Å²) >= 11 is 0. The third-order valence-electron chi connectivity index (χ3n) is 2.21. The number of carbonyl (C=O) groups is 1. The molecule has 1 heterocycles. The van der Waals surface area contributed by atoms with Crippen LogP contribution in [0.25, 0.3) is 11.0 Å². The lowest BCUT2D eigenvalue weighted by Gasteiger charge is -2.01. The van der Waals surface area contributed by atoms with Crippen LogP contribution in [0.5, 0.6) is 0 Å². The Hall–Kier alpha value is -2.04. The zero-order chi connectivity index (χ0) is 10.8. The minimum atomic E-state index is -0.819. The maximum absolute atomic E-state index is 10.4. The zero-order valence-corrected chi connectivity index (χ0v) is 8.05. The molecule has 2 rings (SSSR count). The highest BCUT2D eigenvalue weighted by Crippen LogP contribution is 2.16. The van der Waals surface area contributed by atoms with Crippen LogP contribution in [0.3, 0.4) is 0 Å². The number of aliphatic carboxylic acids is 1. The Kier molecular flexibility index (Phi) is 2.29. The first kappa shape index (κ1) is 9.51. The van der Waals surface area contributed by atoms with E-state index < -0.39 is 5.97 Å². The Morgan fingerprint density at radius 1 is 1.53 bits per heavy atom. The third-order valence-corrected chi connectivity index (χ3v) is 2.21. The average Bonchev–Trinajstić information content (AvgIpc) is 2.57. The highest BCUT2D eigenvalue weighted by atomic mass is 16.4. The summed E-state index contributed by atoms with van der Waals surface area (Å²) in [5.74, 6) is -0.819. The van der Waals surface area contributed by atoms with Crippen LogP contribution in [-0.2, 0) is 11.3 Å². The van der Waals surface area contributed by atoms with Crippen molar-refractivity contribution < 1.29 is 9.90 Å². The molecular formula is C10H11N3O2. The summed E-state index contributed by atoms with van der Waals surface area (Å²) < 4.78 is 1.79. The molecule has 0 spiro atoms. The fourth-order valence-corrected chi connectivity index (χ4v) is 1.47. The Labute approximate surface area is 86.1 Å². The van der Waals surface area contributed by atoms with Crippen molar-refractivity contribution in [2.24, 2.45) is 0 Å². The Morgan fingerprint density at radius 2 is 2.33 bits per heavy atom. The summed E-state index contributed by atoms with van der Waals surface area (Å²) in [6.45, 7) is 0.412. The van der Waals surface area contributed by atoms with Crippen molar-refractivity contribution in [3.05, 3.63) is 24.5 Å². The molecule has 0 amide bonds. The summed E-state index contributed by atoms with van der Waals surface area (Å²) in [5.41, 5.74) is 8.00. The van der Waals surface area contributed by atoms with Crippen LogP contribution >= 0.6 is 0 Å². The van der Waals surface area contributed by atoms with Crippen molar-refractivity contribution in [3.8, 4) is 0 Å². The average molecular weight is 205 g/mol. The molecule has 5 nitrogen and oxygen atoms in total. The van der Waals surface area contributed by atoms with Gasteiger partial charge >= 0.3 is 5.97 Å². The van der Waals surface area contributed by atoms with E-state index in [0.717, 1.165) is 11.0 Å². The van der Waals surface area contributed by atoms with Crippen molar-refractivity contribution in [1.82, 2.24) is 9.55 Å². The maximum atomic E-state index is 10.4. The summed E-state index contributed by atoms with van der Waals surface area (Å²) in [6.07, 6.45) is 1.72. The number of nitrogen functional groups attached to an aromatic ring is 1. The number of benzene rings is 1. The van der Waals surface area contributed by atoms with Crippen molar-refractivity contribution in [1.29, 1.82) is 0 Å². The van der Waals surface area contributed by atoms with Crippen LogP contribution in [0.1, 0.15) is 6.42 Å². The largest absolute Gasteiger partial charge is 0.481 e. The predicted octanol–water partition coefficient (Wildman–Crippen LogP) is 1.09. The minimum Gasteiger partial charge on any atom is -0.481 e. The van der Waals surface area contributed by atoms with E-state index in [1.165, 1.54) is 0 Å². The molecule has 2 aromatic rings. The summed E-state index contributed by atoms with van der Waals surface area (Å²) in [7, 11) is 0. The van der Waals surface area contributed by atoms with Crippen molar-refractivity contribution in [2.45, 2.75) is 13.0 Å². The number of fused-ring (bicyclic) bond motifs is 1. The van der Waals surface area contributed by atoms with E-state index in [1.54, 1.807) is 23.0 Å². The van der Waals surface area contributed by atoms with Crippen molar-refractivity contribution >= 4 is 22.7 Å². The number of nitrogens with zero attached hydrogens (tertiary/aromatic N) is 2. The Balaban J connectivity index is 2.35. The fraction of sp³-hybridized carbons (Fsp3) is 0.200. The molecule has 0 atom stereocenters. The Morgan fingerprint density at radius 3 is 3.07 bits per heavy atom. The van der Waals surface area contributed by atoms with Gasteiger partial charge in [-0.25, -0.2) is 4.98 Å². The molecule has 3 N–H and O–H groups in total. The van der Waals surface area contributed by atoms with Gasteiger partial charge < -0.3 is 15.4 Å². The van der Waals surface area contributed by atoms with Gasteiger partial charge in [-0.15, -0.1) is 0 Å². The molecule has 5 heteroatoms. The molecular weight excluding hydrogens is 194 g/mol. The first-order valence-electron chi connectivity index (χ1n) is 4.59. The number of hydrogen-bond donors (Lipinski definition) is 2. The summed E-state index contributed by atoms with van der Waals surface area (Å²) in [5, 5.41) is 8.58. The number of nitrogens with two attached hydrogens (primary N) is 1. The molecule has 0 saturated carbocycles. The topological polar surface area (TPSA) is 81.1 Å². The van der Waals surface area contributed by atoms with Crippen LogP contribution in [0.15, 0.2) is 24.5 Å². The molecule has 0 aliphatic carbocycles. The van der Waals surface area contributed by atoms with Crippen molar-refractivity contribution in [2.75, 3.05) is 5.73 Å². The smallest absolute Gasteiger partial charge is 0.305 e. The van der Waals surface area contributed by atoms with Crippen LogP contribution in [0, 0.1) is 0 Å². The van der Waals surface area contributed by atoms with Gasteiger partial charge in [0.2, 0.25) is 0 Å². The van der Waals surface area contributed by atoms with Crippen LogP contribution < -0.4 is 5.73 Å². The number of carboxylic acid groups (broad SMARTS) is 1. The van der Waals surface area contributed by atoms with E-state index in [4.69, 9.17) is 10.8 Å². The first-order chi connectivity index (χ1) is 7.16. The summed E-state index contributed by atoms with van der Waals surface area (Å²) in [6, 6.07) is 5.39. The second-order valence-corrected chi connectivity index (χ2v) is 3.33. The van der Waals surface area contributed by atoms with Gasteiger partial charge in [0.25, 0.3) is 0 Å². The molecule has 0 unspecified atom stereocenters. The lowest BCUT2D eigenvalue weighted by Crippen LogP contribution is -2.03. The molecule has 0 bridgehead atoms. The number of anilines is 1. The Bertz CT molecular complexity index is 504. The molecule has 78 valence electrons. The second-order valence-electron chi connectivity index (χ2n) is 3.33. The molecule has 15 heavy (non-hydrogen) atoms. The van der Waals surface area contributed by atoms with E-state index in [2.05, 4.69) is 4.98 Å². The number of aryl methyl sites for hydroxylation is 1. The predicted molar refractivity (Wildman–Crippen MR) is 56.4 cm³/mol. The number of carboxylic acids is 1. The van der Waals surface area contributed by atoms with E-state index in [9.17, 15) is 4.79 Å². The quantitative estimate of drug-likeness (QED) is 0.735. The van der Waals surface area contributed by atoms with Gasteiger partial charge in [0.1, 0.15) is 0 Å². The summed E-state index contributed by atoms with van der Waals surface area (Å²) in [4.78, 5) is 14.6. The van der Waals surface area contributed by atoms with E-state index in [0.29, 0.717) is 12.2 Å². The maximum Gasteiger partial charge on any atom is 0.305 e. The lowest BCUT2D eigenvalue weighted by atomic mass is 10.3. The standard InChI is InChI=1S/C10H11N3O2/c11-7-1-2-8-9(5-7)13(6-12-8)4-3-10(14)15/h1-2,5-6H,3-4,11H2,(H,14,15). The van der Waals surface area contributed by atoms with E-state index in [1.807, 2.05) is 6.07 Å². The number of rotatable bonds is 3. The molecule has 1 aromatic heterocycles. The second kappa shape index (κ2) is 3.61. The molecule has 0 aliphatic heterocycles. The number of hydrogen-bond acceptors (Lipinski definition) is 3. The van der Waals surface area contributed by atoms with Crippen LogP contribution in [-0.4, -0.2) is 20.6 Å². The van der Waals surface area contributed by atoms with Gasteiger partial charge in [0, 0.05) is 12.2 Å². The molecule has 0 aliphatic rings. The van der Waals surface area contributed by atoms with E-state index in [-0.39, 0.29) is 6.42 Å². The minimum absolute atomic E-state index is 0.0836. The van der Waals surface area contributed by atoms with Gasteiger partial charge in [0.05, 0.1) is 23.8 Å². The lowest BCUT2D eigenvalue weighted by molar-refractivity contribution is -0.137. The van der Waals surface area contributed by atoms with Gasteiger partial charge in [-0.3, -0.25) is 4.79 Å². The third kappa shape index (κ3) is 1.90. The molecule has 0 radical (unpaired) electrons. The van der Waals surface area contributed by atoms with Crippen LogP contribution in [0.2, 0.25) is 0 Å². The SMILES string of the molecule is Nc1ccc2ncn(CCC(=O)O)c2c1. The monoisotopic (exact) mass is 205 g/mol. The number of imidazole rings is 1. The molecule has 1 aromatic carbocycles. The molecule has 0 fully saturated rings.